The third-order valence-electron chi connectivity index (χ3n) is 4.30. The summed E-state index contributed by atoms with van der Waals surface area (Å²) in [5.74, 6) is 0.834. The highest BCUT2D eigenvalue weighted by Crippen LogP contribution is 2.54. The predicted molar refractivity (Wildman–Crippen MR) is 79.5 cm³/mol. The van der Waals surface area contributed by atoms with E-state index in [1.54, 1.807) is 0 Å². The molecule has 3 nitrogen and oxygen atoms in total. The van der Waals surface area contributed by atoms with Gasteiger partial charge in [-0.15, -0.1) is 0 Å². The van der Waals surface area contributed by atoms with Crippen LogP contribution in [-0.2, 0) is 13.0 Å². The molecular weight excluding hydrogens is 248 g/mol. The topological polar surface area (TPSA) is 38.0 Å². The average Bonchev–Trinajstić information content (AvgIpc) is 3.19. The van der Waals surface area contributed by atoms with Gasteiger partial charge in [0.15, 0.2) is 0 Å². The van der Waals surface area contributed by atoms with Crippen LogP contribution in [0, 0.1) is 5.92 Å². The molecule has 2 aromatic rings. The normalized spacial score (nSPS) is 22.8. The van der Waals surface area contributed by atoms with E-state index in [9.17, 15) is 5.11 Å². The van der Waals surface area contributed by atoms with Gasteiger partial charge in [0.05, 0.1) is 17.5 Å². The fourth-order valence-corrected chi connectivity index (χ4v) is 3.02. The lowest BCUT2D eigenvalue weighted by molar-refractivity contribution is 0.140. The highest BCUT2D eigenvalue weighted by Gasteiger charge is 2.44. The maximum atomic E-state index is 10.7. The van der Waals surface area contributed by atoms with Gasteiger partial charge in [-0.2, -0.15) is 5.10 Å². The van der Waals surface area contributed by atoms with Crippen LogP contribution in [0.3, 0.4) is 0 Å². The smallest absolute Gasteiger partial charge is 0.0990 e. The molecule has 3 rings (SSSR count). The molecule has 0 amide bonds. The first-order valence-electron chi connectivity index (χ1n) is 7.54. The van der Waals surface area contributed by atoms with Crippen LogP contribution in [0.15, 0.2) is 36.4 Å². The third kappa shape index (κ3) is 2.38. The first-order valence-corrected chi connectivity index (χ1v) is 7.54. The number of hydrogen-bond acceptors (Lipinski definition) is 2. The molecule has 0 radical (unpaired) electrons. The fraction of sp³-hybridized carbons (Fsp3) is 0.471. The first-order chi connectivity index (χ1) is 9.74. The van der Waals surface area contributed by atoms with Gasteiger partial charge in [-0.25, -0.2) is 0 Å². The number of benzene rings is 1. The molecule has 1 saturated carbocycles. The Morgan fingerprint density at radius 1 is 1.30 bits per heavy atom. The van der Waals surface area contributed by atoms with E-state index < -0.39 is 6.10 Å². The van der Waals surface area contributed by atoms with Crippen molar-refractivity contribution >= 4 is 0 Å². The zero-order chi connectivity index (χ0) is 14.1. The molecule has 0 aliphatic heterocycles. The second-order valence-electron chi connectivity index (χ2n) is 5.59. The van der Waals surface area contributed by atoms with Crippen LogP contribution in [0.5, 0.6) is 0 Å². The Morgan fingerprint density at radius 2 is 2.05 bits per heavy atom. The minimum atomic E-state index is -0.395. The van der Waals surface area contributed by atoms with Gasteiger partial charge in [-0.05, 0) is 43.2 Å². The molecule has 3 heteroatoms. The molecular formula is C17H22N2O. The molecule has 1 fully saturated rings. The van der Waals surface area contributed by atoms with Crippen LogP contribution < -0.4 is 0 Å². The van der Waals surface area contributed by atoms with Gasteiger partial charge >= 0.3 is 0 Å². The predicted octanol–water partition coefficient (Wildman–Crippen LogP) is 3.30. The summed E-state index contributed by atoms with van der Waals surface area (Å²) in [5, 5.41) is 15.2. The number of hydrogen-bond donors (Lipinski definition) is 1. The second kappa shape index (κ2) is 5.41. The Hall–Kier alpha value is -1.61. The number of nitrogens with zero attached hydrogens (tertiary/aromatic N) is 2. The number of aliphatic hydroxyl groups is 1. The van der Waals surface area contributed by atoms with Gasteiger partial charge in [-0.1, -0.05) is 37.3 Å². The minimum Gasteiger partial charge on any atom is -0.387 e. The molecule has 0 saturated heterocycles. The van der Waals surface area contributed by atoms with Crippen molar-refractivity contribution in [1.29, 1.82) is 0 Å². The number of aryl methyl sites for hydroxylation is 2. The Morgan fingerprint density at radius 3 is 2.70 bits per heavy atom. The molecule has 3 unspecified atom stereocenters. The molecule has 3 atom stereocenters. The molecule has 106 valence electrons. The van der Waals surface area contributed by atoms with E-state index >= 15 is 0 Å². The van der Waals surface area contributed by atoms with Gasteiger partial charge in [0.25, 0.3) is 0 Å². The first kappa shape index (κ1) is 13.4. The van der Waals surface area contributed by atoms with Gasteiger partial charge in [0, 0.05) is 6.54 Å². The van der Waals surface area contributed by atoms with E-state index in [-0.39, 0.29) is 0 Å². The van der Waals surface area contributed by atoms with Crippen molar-refractivity contribution in [3.8, 4) is 0 Å². The van der Waals surface area contributed by atoms with E-state index in [0.717, 1.165) is 30.8 Å². The summed E-state index contributed by atoms with van der Waals surface area (Å²) in [5.41, 5.74) is 3.39. The highest BCUT2D eigenvalue weighted by atomic mass is 16.3. The lowest BCUT2D eigenvalue weighted by Crippen LogP contribution is -2.10. The maximum absolute atomic E-state index is 10.7. The lowest BCUT2D eigenvalue weighted by Gasteiger charge is -2.12. The van der Waals surface area contributed by atoms with E-state index in [2.05, 4.69) is 49.3 Å². The molecule has 1 aromatic heterocycles. The highest BCUT2D eigenvalue weighted by molar-refractivity contribution is 5.28. The van der Waals surface area contributed by atoms with Gasteiger partial charge < -0.3 is 5.11 Å². The Balaban J connectivity index is 1.78. The fourth-order valence-electron chi connectivity index (χ4n) is 3.02. The lowest BCUT2D eigenvalue weighted by atomic mass is 10.0. The standard InChI is InChI=1S/C17H22N2O/c1-3-13-10-16(19(4-2)18-13)17(20)15-11-14(15)12-8-6-5-7-9-12/h5-10,14-15,17,20H,3-4,11H2,1-2H3. The minimum absolute atomic E-state index is 0.337. The summed E-state index contributed by atoms with van der Waals surface area (Å²) in [6, 6.07) is 12.6. The van der Waals surface area contributed by atoms with E-state index in [1.165, 1.54) is 5.56 Å². The van der Waals surface area contributed by atoms with Crippen LogP contribution in [0.2, 0.25) is 0 Å². The SMILES string of the molecule is CCc1cc(C(O)C2CC2c2ccccc2)n(CC)n1. The zero-order valence-electron chi connectivity index (χ0n) is 12.2. The van der Waals surface area contributed by atoms with Crippen LogP contribution >= 0.6 is 0 Å². The molecule has 0 spiro atoms. The summed E-state index contributed by atoms with van der Waals surface area (Å²) >= 11 is 0. The van der Waals surface area contributed by atoms with Crippen LogP contribution in [0.4, 0.5) is 0 Å². The number of aromatic nitrogens is 2. The van der Waals surface area contributed by atoms with Gasteiger partial charge in [0.2, 0.25) is 0 Å². The van der Waals surface area contributed by atoms with E-state index in [0.29, 0.717) is 11.8 Å². The summed E-state index contributed by atoms with van der Waals surface area (Å²) in [4.78, 5) is 0. The Kier molecular flexibility index (Phi) is 3.62. The Bertz CT molecular complexity index is 576. The molecule has 1 aromatic carbocycles. The summed E-state index contributed by atoms with van der Waals surface area (Å²) in [7, 11) is 0. The molecule has 0 bridgehead atoms. The average molecular weight is 270 g/mol. The van der Waals surface area contributed by atoms with Crippen molar-refractivity contribution in [2.24, 2.45) is 5.92 Å². The molecule has 1 N–H and O–H groups in total. The van der Waals surface area contributed by atoms with Crippen LogP contribution in [0.25, 0.3) is 0 Å². The van der Waals surface area contributed by atoms with Crippen molar-refractivity contribution in [3.63, 3.8) is 0 Å². The van der Waals surface area contributed by atoms with Crippen molar-refractivity contribution in [1.82, 2.24) is 9.78 Å². The third-order valence-corrected chi connectivity index (χ3v) is 4.30. The quantitative estimate of drug-likeness (QED) is 0.905. The van der Waals surface area contributed by atoms with Crippen LogP contribution in [-0.4, -0.2) is 14.9 Å². The van der Waals surface area contributed by atoms with Crippen molar-refractivity contribution in [3.05, 3.63) is 53.3 Å². The largest absolute Gasteiger partial charge is 0.387 e. The monoisotopic (exact) mass is 270 g/mol. The van der Waals surface area contributed by atoms with Gasteiger partial charge in [-0.3, -0.25) is 4.68 Å². The summed E-state index contributed by atoms with van der Waals surface area (Å²) in [6.45, 7) is 4.99. The second-order valence-corrected chi connectivity index (χ2v) is 5.59. The number of rotatable bonds is 5. The van der Waals surface area contributed by atoms with Crippen molar-refractivity contribution < 1.29 is 5.11 Å². The van der Waals surface area contributed by atoms with E-state index in [4.69, 9.17) is 0 Å². The number of aliphatic hydroxyl groups excluding tert-OH is 1. The summed E-state index contributed by atoms with van der Waals surface area (Å²) < 4.78 is 1.95. The molecule has 1 aliphatic rings. The molecule has 1 aliphatic carbocycles. The summed E-state index contributed by atoms with van der Waals surface area (Å²) in [6.07, 6.45) is 1.59. The van der Waals surface area contributed by atoms with Crippen LogP contribution in [0.1, 0.15) is 49.2 Å². The zero-order valence-corrected chi connectivity index (χ0v) is 12.2. The maximum Gasteiger partial charge on any atom is 0.0990 e. The Labute approximate surface area is 120 Å². The van der Waals surface area contributed by atoms with Crippen molar-refractivity contribution in [2.75, 3.05) is 0 Å². The van der Waals surface area contributed by atoms with Crippen molar-refractivity contribution in [2.45, 2.75) is 45.3 Å². The van der Waals surface area contributed by atoms with Gasteiger partial charge in [0.1, 0.15) is 0 Å². The molecule has 1 heterocycles. The van der Waals surface area contributed by atoms with E-state index in [1.807, 2.05) is 10.7 Å². The molecule has 20 heavy (non-hydrogen) atoms.